The molecule has 1 aliphatic carbocycles. The Hall–Kier alpha value is -3.45. The summed E-state index contributed by atoms with van der Waals surface area (Å²) < 4.78 is 14.3. The number of nitrogens with one attached hydrogen (secondary N) is 1. The van der Waals surface area contributed by atoms with Crippen molar-refractivity contribution in [2.45, 2.75) is 38.1 Å². The van der Waals surface area contributed by atoms with E-state index in [2.05, 4.69) is 27.3 Å². The number of carbonyl (C=O) groups is 2. The molecule has 2 saturated heterocycles. The number of halogens is 2. The second-order valence-corrected chi connectivity index (χ2v) is 11.2. The number of aryl methyl sites for hydroxylation is 1. The zero-order valence-corrected chi connectivity index (χ0v) is 21.9. The Bertz CT molecular complexity index is 1350. The van der Waals surface area contributed by atoms with E-state index in [1.807, 2.05) is 35.5 Å². The van der Waals surface area contributed by atoms with Gasteiger partial charge in [0.1, 0.15) is 5.82 Å². The molecule has 2 amide bonds. The number of amides is 2. The summed E-state index contributed by atoms with van der Waals surface area (Å²) in [6.07, 6.45) is 8.31. The normalized spacial score (nSPS) is 20.0. The maximum atomic E-state index is 14.3. The Labute approximate surface area is 226 Å². The minimum absolute atomic E-state index is 0.0374. The minimum atomic E-state index is -0.647. The van der Waals surface area contributed by atoms with Gasteiger partial charge in [-0.2, -0.15) is 0 Å². The lowest BCUT2D eigenvalue weighted by Gasteiger charge is -2.40. The number of aromatic nitrogens is 1. The molecule has 3 aliphatic rings. The number of fused-ring (bicyclic) bond motifs is 1. The van der Waals surface area contributed by atoms with Crippen molar-refractivity contribution in [3.05, 3.63) is 94.0 Å². The fraction of sp³-hybridized carbons (Fsp3) is 0.367. The highest BCUT2D eigenvalue weighted by Crippen LogP contribution is 2.42. The van der Waals surface area contributed by atoms with Crippen molar-refractivity contribution in [2.75, 3.05) is 31.1 Å². The highest BCUT2D eigenvalue weighted by molar-refractivity contribution is 6.33. The maximum absolute atomic E-state index is 14.3. The Morgan fingerprint density at radius 2 is 1.79 bits per heavy atom. The number of benzene rings is 2. The van der Waals surface area contributed by atoms with Gasteiger partial charge in [-0.05, 0) is 85.0 Å². The summed E-state index contributed by atoms with van der Waals surface area (Å²) >= 11 is 6.09. The number of hydrogen-bond donors (Lipinski definition) is 1. The molecule has 6 rings (SSSR count). The molecule has 2 fully saturated rings. The van der Waals surface area contributed by atoms with E-state index in [0.29, 0.717) is 12.0 Å². The molecule has 6 nitrogen and oxygen atoms in total. The Kier molecular flexibility index (Phi) is 6.56. The van der Waals surface area contributed by atoms with Crippen molar-refractivity contribution in [1.29, 1.82) is 0 Å². The van der Waals surface area contributed by atoms with E-state index >= 15 is 0 Å². The standard InChI is InChI=1S/C30H30ClFN4O2/c31-24-2-1-3-25(32)27(24)28(37)34-26-7-6-20-4-5-21(18-23(20)26)29(38)36-17-12-30(19-36)10-15-35(16-11-30)22-8-13-33-14-9-22/h1-5,8-9,13-14,18,26H,6-7,10-12,15-17,19H2,(H,34,37)/t26-/m1/s1. The number of carbonyl (C=O) groups excluding carboxylic acids is 2. The number of pyridine rings is 1. The van der Waals surface area contributed by atoms with E-state index in [1.165, 1.54) is 23.9 Å². The molecule has 0 bridgehead atoms. The molecule has 3 heterocycles. The summed E-state index contributed by atoms with van der Waals surface area (Å²) in [7, 11) is 0. The minimum Gasteiger partial charge on any atom is -0.371 e. The number of hydrogen-bond acceptors (Lipinski definition) is 4. The molecule has 1 atom stereocenters. The SMILES string of the molecule is O=C(N[C@@H]1CCc2ccc(C(=O)N3CCC4(CCN(c5ccncc5)CC4)C3)cc21)c1c(F)cccc1Cl. The second-order valence-electron chi connectivity index (χ2n) is 10.7. The molecule has 1 aromatic heterocycles. The van der Waals surface area contributed by atoms with Crippen LogP contribution in [0.4, 0.5) is 10.1 Å². The average Bonchev–Trinajstić information content (AvgIpc) is 3.53. The largest absolute Gasteiger partial charge is 0.371 e. The van der Waals surface area contributed by atoms with Gasteiger partial charge in [0, 0.05) is 49.8 Å². The van der Waals surface area contributed by atoms with Gasteiger partial charge in [-0.15, -0.1) is 0 Å². The summed E-state index contributed by atoms with van der Waals surface area (Å²) in [4.78, 5) is 34.9. The summed E-state index contributed by atoms with van der Waals surface area (Å²) in [6.45, 7) is 3.51. The van der Waals surface area contributed by atoms with Crippen LogP contribution in [0.3, 0.4) is 0 Å². The molecular weight excluding hydrogens is 503 g/mol. The highest BCUT2D eigenvalue weighted by Gasteiger charge is 2.42. The fourth-order valence-corrected chi connectivity index (χ4v) is 6.57. The van der Waals surface area contributed by atoms with Gasteiger partial charge >= 0.3 is 0 Å². The molecule has 1 N–H and O–H groups in total. The van der Waals surface area contributed by atoms with Crippen molar-refractivity contribution in [2.24, 2.45) is 5.41 Å². The van der Waals surface area contributed by atoms with Crippen LogP contribution in [-0.4, -0.2) is 47.9 Å². The van der Waals surface area contributed by atoms with Gasteiger partial charge in [-0.3, -0.25) is 14.6 Å². The molecule has 3 aromatic rings. The van der Waals surface area contributed by atoms with Gasteiger partial charge in [0.05, 0.1) is 16.6 Å². The van der Waals surface area contributed by atoms with E-state index < -0.39 is 11.7 Å². The molecule has 2 aliphatic heterocycles. The molecule has 8 heteroatoms. The van der Waals surface area contributed by atoms with Crippen molar-refractivity contribution in [3.63, 3.8) is 0 Å². The number of piperidine rings is 1. The van der Waals surface area contributed by atoms with Gasteiger partial charge in [-0.1, -0.05) is 23.7 Å². The number of anilines is 1. The van der Waals surface area contributed by atoms with Crippen LogP contribution in [0.5, 0.6) is 0 Å². The third kappa shape index (κ3) is 4.64. The monoisotopic (exact) mass is 532 g/mol. The molecule has 2 aromatic carbocycles. The van der Waals surface area contributed by atoms with Gasteiger partial charge in [-0.25, -0.2) is 4.39 Å². The van der Waals surface area contributed by atoms with E-state index in [9.17, 15) is 14.0 Å². The highest BCUT2D eigenvalue weighted by atomic mass is 35.5. The van der Waals surface area contributed by atoms with Gasteiger partial charge in [0.2, 0.25) is 0 Å². The zero-order valence-electron chi connectivity index (χ0n) is 21.1. The predicted molar refractivity (Wildman–Crippen MR) is 145 cm³/mol. The average molecular weight is 533 g/mol. The van der Waals surface area contributed by atoms with E-state index in [4.69, 9.17) is 11.6 Å². The summed E-state index contributed by atoms with van der Waals surface area (Å²) in [5.74, 6) is -1.15. The molecule has 0 unspecified atom stereocenters. The zero-order chi connectivity index (χ0) is 26.3. The first-order valence-electron chi connectivity index (χ1n) is 13.2. The number of likely N-dealkylation sites (tertiary alicyclic amines) is 1. The van der Waals surface area contributed by atoms with Crippen LogP contribution < -0.4 is 10.2 Å². The van der Waals surface area contributed by atoms with Gasteiger partial charge in [0.15, 0.2) is 0 Å². The van der Waals surface area contributed by atoms with Crippen molar-refractivity contribution in [1.82, 2.24) is 15.2 Å². The third-order valence-electron chi connectivity index (χ3n) is 8.54. The van der Waals surface area contributed by atoms with Crippen LogP contribution >= 0.6 is 11.6 Å². The second kappa shape index (κ2) is 10.0. The first-order valence-corrected chi connectivity index (χ1v) is 13.6. The summed E-state index contributed by atoms with van der Waals surface area (Å²) in [5.41, 5.74) is 3.90. The van der Waals surface area contributed by atoms with Crippen LogP contribution in [0, 0.1) is 11.2 Å². The van der Waals surface area contributed by atoms with E-state index in [-0.39, 0.29) is 28.0 Å². The summed E-state index contributed by atoms with van der Waals surface area (Å²) in [5, 5.41) is 3.02. The number of rotatable bonds is 4. The lowest BCUT2D eigenvalue weighted by atomic mass is 9.77. The first-order chi connectivity index (χ1) is 18.4. The quantitative estimate of drug-likeness (QED) is 0.487. The van der Waals surface area contributed by atoms with Crippen molar-refractivity contribution >= 4 is 29.1 Å². The molecule has 0 radical (unpaired) electrons. The lowest BCUT2D eigenvalue weighted by Crippen LogP contribution is -2.42. The molecule has 196 valence electrons. The topological polar surface area (TPSA) is 65.5 Å². The van der Waals surface area contributed by atoms with Crippen LogP contribution in [0.25, 0.3) is 0 Å². The van der Waals surface area contributed by atoms with Gasteiger partial charge in [0.25, 0.3) is 11.8 Å². The lowest BCUT2D eigenvalue weighted by molar-refractivity contribution is 0.0764. The van der Waals surface area contributed by atoms with E-state index in [0.717, 1.165) is 63.0 Å². The van der Waals surface area contributed by atoms with Crippen LogP contribution in [-0.2, 0) is 6.42 Å². The van der Waals surface area contributed by atoms with Crippen molar-refractivity contribution in [3.8, 4) is 0 Å². The molecule has 38 heavy (non-hydrogen) atoms. The van der Waals surface area contributed by atoms with E-state index in [1.54, 1.807) is 0 Å². The Morgan fingerprint density at radius 3 is 2.55 bits per heavy atom. The summed E-state index contributed by atoms with van der Waals surface area (Å²) in [6, 6.07) is 13.8. The van der Waals surface area contributed by atoms with Crippen molar-refractivity contribution < 1.29 is 14.0 Å². The molecule has 0 saturated carbocycles. The maximum Gasteiger partial charge on any atom is 0.256 e. The van der Waals surface area contributed by atoms with Gasteiger partial charge < -0.3 is 15.1 Å². The smallest absolute Gasteiger partial charge is 0.256 e. The van der Waals surface area contributed by atoms with Crippen LogP contribution in [0.2, 0.25) is 5.02 Å². The Balaban J connectivity index is 1.12. The molecular formula is C30H30ClFN4O2. The van der Waals surface area contributed by atoms with Crippen LogP contribution in [0.15, 0.2) is 60.9 Å². The first kappa shape index (κ1) is 24.9. The number of nitrogens with zero attached hydrogens (tertiary/aromatic N) is 3. The fourth-order valence-electron chi connectivity index (χ4n) is 6.32. The Morgan fingerprint density at radius 1 is 1.03 bits per heavy atom. The third-order valence-corrected chi connectivity index (χ3v) is 8.86. The predicted octanol–water partition coefficient (Wildman–Crippen LogP) is 5.42. The molecule has 1 spiro atoms. The van der Waals surface area contributed by atoms with Crippen LogP contribution in [0.1, 0.15) is 63.6 Å².